The van der Waals surface area contributed by atoms with E-state index in [-0.39, 0.29) is 24.9 Å². The van der Waals surface area contributed by atoms with E-state index < -0.39 is 41.1 Å². The Bertz CT molecular complexity index is 1430. The monoisotopic (exact) mass is 620 g/mol. The molecule has 0 saturated carbocycles. The second-order valence-electron chi connectivity index (χ2n) is 12.1. The van der Waals surface area contributed by atoms with Crippen LogP contribution in [0.4, 0.5) is 10.6 Å². The number of carbonyl (C=O) groups is 4. The Morgan fingerprint density at radius 3 is 2.18 bits per heavy atom. The molecule has 45 heavy (non-hydrogen) atoms. The van der Waals surface area contributed by atoms with Crippen LogP contribution in [0.3, 0.4) is 0 Å². The summed E-state index contributed by atoms with van der Waals surface area (Å²) >= 11 is 0. The Morgan fingerprint density at radius 1 is 0.956 bits per heavy atom. The van der Waals surface area contributed by atoms with E-state index in [0.29, 0.717) is 6.54 Å². The second-order valence-corrected chi connectivity index (χ2v) is 12.1. The van der Waals surface area contributed by atoms with Gasteiger partial charge in [0.15, 0.2) is 5.82 Å². The van der Waals surface area contributed by atoms with Gasteiger partial charge in [0.25, 0.3) is 5.91 Å². The summed E-state index contributed by atoms with van der Waals surface area (Å²) in [6, 6.07) is 16.8. The SMILES string of the molecule is CCN(C)C(=O)C(c1ccccc1)n1cnc(NC(=O)C(COCc2ccccc2)NC(=O)C(C)(C)NC(=O)OC(C)(C)C)c1. The van der Waals surface area contributed by atoms with Crippen molar-refractivity contribution in [2.45, 2.75) is 71.4 Å². The first-order valence-corrected chi connectivity index (χ1v) is 14.8. The van der Waals surface area contributed by atoms with Crippen molar-refractivity contribution in [3.05, 3.63) is 84.3 Å². The molecule has 1 aromatic heterocycles. The van der Waals surface area contributed by atoms with Crippen molar-refractivity contribution in [3.8, 4) is 0 Å². The number of ether oxygens (including phenoxy) is 2. The van der Waals surface area contributed by atoms with E-state index in [1.807, 2.05) is 67.6 Å². The van der Waals surface area contributed by atoms with Crippen LogP contribution < -0.4 is 16.0 Å². The van der Waals surface area contributed by atoms with Crippen molar-refractivity contribution in [1.29, 1.82) is 0 Å². The minimum absolute atomic E-state index is 0.141. The van der Waals surface area contributed by atoms with E-state index in [2.05, 4.69) is 20.9 Å². The molecule has 0 spiro atoms. The number of hydrogen-bond donors (Lipinski definition) is 3. The summed E-state index contributed by atoms with van der Waals surface area (Å²) < 4.78 is 12.7. The fraction of sp³-hybridized carbons (Fsp3) is 0.424. The summed E-state index contributed by atoms with van der Waals surface area (Å²) in [5, 5.41) is 7.96. The molecule has 242 valence electrons. The number of aromatic nitrogens is 2. The van der Waals surface area contributed by atoms with E-state index >= 15 is 0 Å². The van der Waals surface area contributed by atoms with E-state index in [1.165, 1.54) is 20.2 Å². The molecule has 0 radical (unpaired) electrons. The zero-order chi connectivity index (χ0) is 33.2. The topological polar surface area (TPSA) is 144 Å². The normalized spacial score (nSPS) is 12.9. The summed E-state index contributed by atoms with van der Waals surface area (Å²) in [6.45, 7) is 10.6. The number of carbonyl (C=O) groups excluding carboxylic acids is 4. The lowest BCUT2D eigenvalue weighted by Gasteiger charge is -2.29. The van der Waals surface area contributed by atoms with E-state index in [1.54, 1.807) is 43.5 Å². The molecule has 1 heterocycles. The maximum absolute atomic E-state index is 13.5. The van der Waals surface area contributed by atoms with Crippen LogP contribution in [0, 0.1) is 0 Å². The highest BCUT2D eigenvalue weighted by atomic mass is 16.6. The standard InChI is InChI=1S/C33H44N6O6/c1-8-38(7)29(41)27(24-17-13-10-14-18-24)39-19-26(34-22-39)36-28(40)25(21-44-20-23-15-11-9-12-16-23)35-30(42)33(5,6)37-31(43)45-32(2,3)4/h9-19,22,25,27H,8,20-21H2,1-7H3,(H,35,42)(H,36,40)(H,37,43). The maximum Gasteiger partial charge on any atom is 0.408 e. The van der Waals surface area contributed by atoms with E-state index in [0.717, 1.165) is 11.1 Å². The Balaban J connectivity index is 1.79. The second kappa shape index (κ2) is 15.3. The molecule has 0 aliphatic carbocycles. The zero-order valence-corrected chi connectivity index (χ0v) is 27.0. The number of likely N-dealkylation sites (N-methyl/N-ethyl adjacent to an activating group) is 1. The summed E-state index contributed by atoms with van der Waals surface area (Å²) in [6.07, 6.45) is 2.27. The number of hydrogen-bond acceptors (Lipinski definition) is 7. The molecule has 2 atom stereocenters. The average Bonchev–Trinajstić information content (AvgIpc) is 3.43. The van der Waals surface area contributed by atoms with Crippen molar-refractivity contribution in [1.82, 2.24) is 25.1 Å². The van der Waals surface area contributed by atoms with Gasteiger partial charge in [0.05, 0.1) is 19.5 Å². The third-order valence-corrected chi connectivity index (χ3v) is 6.75. The van der Waals surface area contributed by atoms with Gasteiger partial charge in [-0.25, -0.2) is 9.78 Å². The van der Waals surface area contributed by atoms with Gasteiger partial charge in [-0.15, -0.1) is 0 Å². The van der Waals surface area contributed by atoms with Crippen molar-refractivity contribution in [2.24, 2.45) is 0 Å². The highest BCUT2D eigenvalue weighted by Crippen LogP contribution is 2.22. The predicted molar refractivity (Wildman–Crippen MR) is 170 cm³/mol. The number of amides is 4. The fourth-order valence-electron chi connectivity index (χ4n) is 4.20. The van der Waals surface area contributed by atoms with Gasteiger partial charge in [0, 0.05) is 19.8 Å². The lowest BCUT2D eigenvalue weighted by atomic mass is 10.0. The Labute approximate surface area is 264 Å². The zero-order valence-electron chi connectivity index (χ0n) is 27.0. The lowest BCUT2D eigenvalue weighted by Crippen LogP contribution is -2.59. The van der Waals surface area contributed by atoms with Crippen LogP contribution >= 0.6 is 0 Å². The van der Waals surface area contributed by atoms with Crippen molar-refractivity contribution >= 4 is 29.6 Å². The Hall–Kier alpha value is -4.71. The summed E-state index contributed by atoms with van der Waals surface area (Å²) in [5.41, 5.74) is -0.528. The number of imidazole rings is 1. The number of rotatable bonds is 13. The van der Waals surface area contributed by atoms with E-state index in [4.69, 9.17) is 9.47 Å². The number of anilines is 1. The molecule has 0 saturated heterocycles. The highest BCUT2D eigenvalue weighted by molar-refractivity contribution is 5.98. The van der Waals surface area contributed by atoms with Gasteiger partial charge >= 0.3 is 6.09 Å². The molecule has 3 N–H and O–H groups in total. The lowest BCUT2D eigenvalue weighted by molar-refractivity contribution is -0.132. The van der Waals surface area contributed by atoms with E-state index in [9.17, 15) is 19.2 Å². The molecule has 3 rings (SSSR count). The summed E-state index contributed by atoms with van der Waals surface area (Å²) in [7, 11) is 1.72. The molecule has 12 heteroatoms. The van der Waals surface area contributed by atoms with Gasteiger partial charge < -0.3 is 34.9 Å². The third-order valence-electron chi connectivity index (χ3n) is 6.75. The average molecular weight is 621 g/mol. The van der Waals surface area contributed by atoms with Gasteiger partial charge in [-0.2, -0.15) is 0 Å². The fourth-order valence-corrected chi connectivity index (χ4v) is 4.20. The van der Waals surface area contributed by atoms with Crippen LogP contribution in [0.1, 0.15) is 58.7 Å². The van der Waals surface area contributed by atoms with Crippen molar-refractivity contribution < 1.29 is 28.7 Å². The van der Waals surface area contributed by atoms with Gasteiger partial charge in [0.2, 0.25) is 11.8 Å². The van der Waals surface area contributed by atoms with Crippen molar-refractivity contribution in [2.75, 3.05) is 25.5 Å². The molecule has 0 aliphatic rings. The Morgan fingerprint density at radius 2 is 1.58 bits per heavy atom. The number of benzene rings is 2. The Kier molecular flexibility index (Phi) is 11.9. The maximum atomic E-state index is 13.5. The first-order chi connectivity index (χ1) is 21.2. The van der Waals surface area contributed by atoms with Gasteiger partial charge in [-0.1, -0.05) is 60.7 Å². The minimum Gasteiger partial charge on any atom is -0.444 e. The van der Waals surface area contributed by atoms with Crippen molar-refractivity contribution in [3.63, 3.8) is 0 Å². The van der Waals surface area contributed by atoms with Crippen LogP contribution in [-0.4, -0.2) is 75.6 Å². The van der Waals surface area contributed by atoms with Crippen LogP contribution in [0.25, 0.3) is 0 Å². The molecule has 0 bridgehead atoms. The van der Waals surface area contributed by atoms with Crippen LogP contribution in [0.2, 0.25) is 0 Å². The summed E-state index contributed by atoms with van der Waals surface area (Å²) in [5.74, 6) is -1.18. The van der Waals surface area contributed by atoms with Crippen LogP contribution in [-0.2, 0) is 30.5 Å². The molecule has 2 aromatic carbocycles. The minimum atomic E-state index is -1.42. The summed E-state index contributed by atoms with van der Waals surface area (Å²) in [4.78, 5) is 58.4. The quantitative estimate of drug-likeness (QED) is 0.263. The first kappa shape index (κ1) is 34.8. The molecular formula is C33H44N6O6. The smallest absolute Gasteiger partial charge is 0.408 e. The predicted octanol–water partition coefficient (Wildman–Crippen LogP) is 3.89. The van der Waals surface area contributed by atoms with Gasteiger partial charge in [-0.05, 0) is 52.7 Å². The number of nitrogens with zero attached hydrogens (tertiary/aromatic N) is 3. The highest BCUT2D eigenvalue weighted by Gasteiger charge is 2.35. The van der Waals surface area contributed by atoms with Gasteiger partial charge in [-0.3, -0.25) is 14.4 Å². The van der Waals surface area contributed by atoms with Gasteiger partial charge in [0.1, 0.15) is 23.2 Å². The number of alkyl carbamates (subject to hydrolysis) is 1. The molecule has 3 aromatic rings. The molecular weight excluding hydrogens is 576 g/mol. The first-order valence-electron chi connectivity index (χ1n) is 14.8. The molecule has 12 nitrogen and oxygen atoms in total. The molecule has 4 amide bonds. The molecule has 2 unspecified atom stereocenters. The van der Waals surface area contributed by atoms with Crippen LogP contribution in [0.5, 0.6) is 0 Å². The van der Waals surface area contributed by atoms with Crippen LogP contribution in [0.15, 0.2) is 73.2 Å². The number of nitrogens with one attached hydrogen (secondary N) is 3. The largest absolute Gasteiger partial charge is 0.444 e. The molecule has 0 aliphatic heterocycles. The third kappa shape index (κ3) is 10.5. The molecule has 0 fully saturated rings.